The maximum Gasteiger partial charge on any atom is 0.262 e. The first kappa shape index (κ1) is 19.4. The van der Waals surface area contributed by atoms with E-state index in [9.17, 15) is 8.42 Å². The van der Waals surface area contributed by atoms with E-state index in [1.807, 2.05) is 14.0 Å². The van der Waals surface area contributed by atoms with Crippen LogP contribution in [-0.2, 0) is 21.8 Å². The summed E-state index contributed by atoms with van der Waals surface area (Å²) in [5, 5.41) is 0.161. The quantitative estimate of drug-likeness (QED) is 0.778. The molecule has 7 nitrogen and oxygen atoms in total. The van der Waals surface area contributed by atoms with E-state index in [-0.39, 0.29) is 10.6 Å². The molecule has 0 radical (unpaired) electrons. The number of imidazole rings is 1. The SMILES string of the molecule is Cc1nc(S(=O)(=O)N2CCN(CC3CCC4(CCCCC4)O3)CC2)cn1C. The minimum Gasteiger partial charge on any atom is -0.370 e. The van der Waals surface area contributed by atoms with Crippen molar-refractivity contribution in [2.24, 2.45) is 7.05 Å². The third kappa shape index (κ3) is 3.95. The zero-order chi connectivity index (χ0) is 19.1. The first-order valence-corrected chi connectivity index (χ1v) is 11.7. The Labute approximate surface area is 162 Å². The largest absolute Gasteiger partial charge is 0.370 e. The van der Waals surface area contributed by atoms with Crippen LogP contribution in [0.4, 0.5) is 0 Å². The number of hydrogen-bond acceptors (Lipinski definition) is 5. The van der Waals surface area contributed by atoms with Crippen LogP contribution in [0.15, 0.2) is 11.2 Å². The fraction of sp³-hybridized carbons (Fsp3) is 0.842. The van der Waals surface area contributed by atoms with E-state index in [2.05, 4.69) is 9.88 Å². The fourth-order valence-corrected chi connectivity index (χ4v) is 6.26. The molecular weight excluding hydrogens is 364 g/mol. The van der Waals surface area contributed by atoms with Gasteiger partial charge in [-0.25, -0.2) is 13.4 Å². The molecule has 1 spiro atoms. The fourth-order valence-electron chi connectivity index (χ4n) is 4.81. The second-order valence-corrected chi connectivity index (χ2v) is 10.3. The van der Waals surface area contributed by atoms with Crippen molar-refractivity contribution in [3.63, 3.8) is 0 Å². The Kier molecular flexibility index (Phi) is 5.35. The number of sulfonamides is 1. The van der Waals surface area contributed by atoms with Crippen LogP contribution in [-0.4, -0.2) is 71.6 Å². The highest BCUT2D eigenvalue weighted by atomic mass is 32.2. The van der Waals surface area contributed by atoms with E-state index in [0.29, 0.717) is 25.0 Å². The van der Waals surface area contributed by atoms with E-state index in [4.69, 9.17) is 4.74 Å². The molecule has 8 heteroatoms. The summed E-state index contributed by atoms with van der Waals surface area (Å²) in [5.74, 6) is 0.710. The lowest BCUT2D eigenvalue weighted by Crippen LogP contribution is -2.50. The molecule has 1 aromatic heterocycles. The van der Waals surface area contributed by atoms with Crippen LogP contribution in [0.3, 0.4) is 0 Å². The molecule has 0 N–H and O–H groups in total. The molecule has 152 valence electrons. The van der Waals surface area contributed by atoms with Crippen LogP contribution >= 0.6 is 0 Å². The van der Waals surface area contributed by atoms with Crippen LogP contribution < -0.4 is 0 Å². The molecule has 0 bridgehead atoms. The van der Waals surface area contributed by atoms with Gasteiger partial charge in [0.15, 0.2) is 5.03 Å². The minimum atomic E-state index is -3.49. The van der Waals surface area contributed by atoms with Crippen molar-refractivity contribution in [2.45, 2.75) is 68.6 Å². The minimum absolute atomic E-state index is 0.158. The summed E-state index contributed by atoms with van der Waals surface area (Å²) in [6, 6.07) is 0. The van der Waals surface area contributed by atoms with E-state index in [1.54, 1.807) is 15.1 Å². The van der Waals surface area contributed by atoms with Gasteiger partial charge in [-0.2, -0.15) is 4.31 Å². The monoisotopic (exact) mass is 396 g/mol. The zero-order valence-corrected chi connectivity index (χ0v) is 17.4. The van der Waals surface area contributed by atoms with E-state index in [1.165, 1.54) is 38.5 Å². The van der Waals surface area contributed by atoms with Gasteiger partial charge in [0, 0.05) is 46.0 Å². The summed E-state index contributed by atoms with van der Waals surface area (Å²) in [4.78, 5) is 6.57. The number of nitrogens with zero attached hydrogens (tertiary/aromatic N) is 4. The van der Waals surface area contributed by atoms with Gasteiger partial charge in [0.25, 0.3) is 10.0 Å². The van der Waals surface area contributed by atoms with Gasteiger partial charge in [-0.1, -0.05) is 19.3 Å². The van der Waals surface area contributed by atoms with Gasteiger partial charge in [-0.05, 0) is 32.6 Å². The van der Waals surface area contributed by atoms with Crippen LogP contribution in [0.2, 0.25) is 0 Å². The van der Waals surface area contributed by atoms with Gasteiger partial charge < -0.3 is 9.30 Å². The average Bonchev–Trinajstić information content (AvgIpc) is 3.20. The molecule has 1 aromatic rings. The highest BCUT2D eigenvalue weighted by molar-refractivity contribution is 7.89. The summed E-state index contributed by atoms with van der Waals surface area (Å²) < 4.78 is 35.4. The summed E-state index contributed by atoms with van der Waals surface area (Å²) in [6.07, 6.45) is 10.7. The summed E-state index contributed by atoms with van der Waals surface area (Å²) >= 11 is 0. The summed E-state index contributed by atoms with van der Waals surface area (Å²) in [6.45, 7) is 5.32. The zero-order valence-electron chi connectivity index (χ0n) is 16.6. The summed E-state index contributed by atoms with van der Waals surface area (Å²) in [5.41, 5.74) is 0.158. The smallest absolute Gasteiger partial charge is 0.262 e. The van der Waals surface area contributed by atoms with Crippen molar-refractivity contribution < 1.29 is 13.2 Å². The molecular formula is C19H32N4O3S. The van der Waals surface area contributed by atoms with Gasteiger partial charge in [0.1, 0.15) is 5.82 Å². The Morgan fingerprint density at radius 1 is 1.15 bits per heavy atom. The van der Waals surface area contributed by atoms with Crippen molar-refractivity contribution in [1.29, 1.82) is 0 Å². The molecule has 27 heavy (non-hydrogen) atoms. The van der Waals surface area contributed by atoms with Crippen molar-refractivity contribution in [3.05, 3.63) is 12.0 Å². The number of rotatable bonds is 4. The summed E-state index contributed by atoms with van der Waals surface area (Å²) in [7, 11) is -1.67. The molecule has 1 saturated carbocycles. The predicted octanol–water partition coefficient (Wildman–Crippen LogP) is 1.92. The number of piperazine rings is 1. The maximum atomic E-state index is 12.8. The van der Waals surface area contributed by atoms with Gasteiger partial charge in [-0.3, -0.25) is 4.90 Å². The molecule has 3 heterocycles. The molecule has 1 unspecified atom stereocenters. The van der Waals surface area contributed by atoms with Crippen molar-refractivity contribution in [2.75, 3.05) is 32.7 Å². The second kappa shape index (κ2) is 7.46. The Morgan fingerprint density at radius 2 is 1.85 bits per heavy atom. The Bertz CT molecular complexity index is 742. The first-order valence-electron chi connectivity index (χ1n) is 10.3. The van der Waals surface area contributed by atoms with Crippen LogP contribution in [0.5, 0.6) is 0 Å². The van der Waals surface area contributed by atoms with Gasteiger partial charge >= 0.3 is 0 Å². The number of aromatic nitrogens is 2. The third-order valence-corrected chi connectivity index (χ3v) is 8.36. The molecule has 1 atom stereocenters. The molecule has 0 amide bonds. The number of aryl methyl sites for hydroxylation is 2. The highest BCUT2D eigenvalue weighted by Crippen LogP contribution is 2.42. The molecule has 1 aliphatic carbocycles. The van der Waals surface area contributed by atoms with Gasteiger partial charge in [0.05, 0.1) is 11.7 Å². The molecule has 3 aliphatic rings. The highest BCUT2D eigenvalue weighted by Gasteiger charge is 2.41. The van der Waals surface area contributed by atoms with Crippen molar-refractivity contribution in [3.8, 4) is 0 Å². The normalized spacial score (nSPS) is 27.4. The molecule has 2 saturated heterocycles. The molecule has 0 aromatic carbocycles. The maximum absolute atomic E-state index is 12.8. The molecule has 4 rings (SSSR count). The van der Waals surface area contributed by atoms with Crippen LogP contribution in [0.25, 0.3) is 0 Å². The lowest BCUT2D eigenvalue weighted by atomic mass is 9.83. The van der Waals surface area contributed by atoms with Gasteiger partial charge in [0.2, 0.25) is 0 Å². The van der Waals surface area contributed by atoms with Crippen LogP contribution in [0, 0.1) is 6.92 Å². The Morgan fingerprint density at radius 3 is 2.48 bits per heavy atom. The first-order chi connectivity index (χ1) is 12.9. The Hall–Kier alpha value is -0.960. The molecule has 2 aliphatic heterocycles. The van der Waals surface area contributed by atoms with E-state index in [0.717, 1.165) is 26.1 Å². The van der Waals surface area contributed by atoms with E-state index < -0.39 is 10.0 Å². The van der Waals surface area contributed by atoms with Gasteiger partial charge in [-0.15, -0.1) is 0 Å². The lowest BCUT2D eigenvalue weighted by molar-refractivity contribution is -0.0732. The van der Waals surface area contributed by atoms with Crippen LogP contribution in [0.1, 0.15) is 50.8 Å². The van der Waals surface area contributed by atoms with E-state index >= 15 is 0 Å². The average molecular weight is 397 g/mol. The third-order valence-electron chi connectivity index (χ3n) is 6.59. The number of ether oxygens (including phenoxy) is 1. The van der Waals surface area contributed by atoms with Crippen molar-refractivity contribution in [1.82, 2.24) is 18.8 Å². The Balaban J connectivity index is 1.30. The lowest BCUT2D eigenvalue weighted by Gasteiger charge is -2.36. The van der Waals surface area contributed by atoms with Crippen molar-refractivity contribution >= 4 is 10.0 Å². The predicted molar refractivity (Wildman–Crippen MR) is 103 cm³/mol. The molecule has 3 fully saturated rings. The standard InChI is InChI=1S/C19H32N4O3S/c1-16-20-18(15-21(16)2)27(24,25)23-12-10-22(11-13-23)14-17-6-9-19(26-17)7-4-3-5-8-19/h15,17H,3-14H2,1-2H3. The topological polar surface area (TPSA) is 67.7 Å². The number of hydrogen-bond donors (Lipinski definition) is 0. The second-order valence-electron chi connectivity index (χ2n) is 8.46.